The largest absolute Gasteiger partial charge is 0.454 e. The Morgan fingerprint density at radius 2 is 1.85 bits per heavy atom. The molecular weight excluding hydrogens is 253 g/mol. The molecule has 20 heavy (non-hydrogen) atoms. The number of halogens is 1. The van der Waals surface area contributed by atoms with Crippen LogP contribution in [0.15, 0.2) is 42.5 Å². The summed E-state index contributed by atoms with van der Waals surface area (Å²) in [6.07, 6.45) is 0.857. The first-order chi connectivity index (χ1) is 9.74. The van der Waals surface area contributed by atoms with Gasteiger partial charge in [0.15, 0.2) is 11.6 Å². The molecule has 3 heteroatoms. The second-order valence-corrected chi connectivity index (χ2v) is 4.61. The van der Waals surface area contributed by atoms with Crippen molar-refractivity contribution in [2.75, 3.05) is 6.54 Å². The van der Waals surface area contributed by atoms with Gasteiger partial charge in [-0.1, -0.05) is 38.1 Å². The van der Waals surface area contributed by atoms with Gasteiger partial charge in [-0.05, 0) is 42.3 Å². The topological polar surface area (TPSA) is 21.3 Å². The molecule has 1 N–H and O–H groups in total. The van der Waals surface area contributed by atoms with Gasteiger partial charge in [-0.15, -0.1) is 0 Å². The molecule has 0 aromatic heterocycles. The molecule has 106 valence electrons. The minimum Gasteiger partial charge on any atom is -0.454 e. The van der Waals surface area contributed by atoms with Crippen molar-refractivity contribution < 1.29 is 9.13 Å². The normalized spacial score (nSPS) is 10.6. The third kappa shape index (κ3) is 3.58. The predicted octanol–water partition coefficient (Wildman–Crippen LogP) is 4.29. The molecule has 0 bridgehead atoms. The van der Waals surface area contributed by atoms with E-state index in [0.29, 0.717) is 12.3 Å². The smallest absolute Gasteiger partial charge is 0.166 e. The van der Waals surface area contributed by atoms with E-state index >= 15 is 0 Å². The van der Waals surface area contributed by atoms with Crippen LogP contribution in [0.25, 0.3) is 0 Å². The number of rotatable bonds is 6. The molecule has 0 aliphatic rings. The monoisotopic (exact) mass is 273 g/mol. The fourth-order valence-electron chi connectivity index (χ4n) is 2.02. The molecule has 0 heterocycles. The number of hydrogen-bond donors (Lipinski definition) is 1. The lowest BCUT2D eigenvalue weighted by atomic mass is 10.1. The van der Waals surface area contributed by atoms with E-state index in [4.69, 9.17) is 4.74 Å². The average Bonchev–Trinajstić information content (AvgIpc) is 2.48. The van der Waals surface area contributed by atoms with Gasteiger partial charge in [0, 0.05) is 6.54 Å². The van der Waals surface area contributed by atoms with Crippen LogP contribution < -0.4 is 10.1 Å². The van der Waals surface area contributed by atoms with Gasteiger partial charge >= 0.3 is 0 Å². The van der Waals surface area contributed by atoms with Crippen molar-refractivity contribution in [1.82, 2.24) is 5.32 Å². The number of aryl methyl sites for hydroxylation is 1. The van der Waals surface area contributed by atoms with Crippen LogP contribution in [0.4, 0.5) is 4.39 Å². The zero-order valence-electron chi connectivity index (χ0n) is 11.9. The van der Waals surface area contributed by atoms with Crippen molar-refractivity contribution in [3.8, 4) is 11.5 Å². The molecule has 0 aliphatic heterocycles. The van der Waals surface area contributed by atoms with Crippen molar-refractivity contribution in [1.29, 1.82) is 0 Å². The van der Waals surface area contributed by atoms with E-state index in [-0.39, 0.29) is 11.6 Å². The van der Waals surface area contributed by atoms with E-state index in [1.54, 1.807) is 6.07 Å². The molecule has 2 aromatic carbocycles. The molecule has 0 radical (unpaired) electrons. The SMILES string of the molecule is CCNCc1ccc(Oc2ccccc2CC)c(F)c1. The van der Waals surface area contributed by atoms with Crippen LogP contribution in [0.2, 0.25) is 0 Å². The second kappa shape index (κ2) is 7.06. The van der Waals surface area contributed by atoms with E-state index in [1.165, 1.54) is 6.07 Å². The van der Waals surface area contributed by atoms with Crippen LogP contribution in [-0.2, 0) is 13.0 Å². The highest BCUT2D eigenvalue weighted by atomic mass is 19.1. The Bertz CT molecular complexity index is 569. The van der Waals surface area contributed by atoms with E-state index in [9.17, 15) is 4.39 Å². The summed E-state index contributed by atoms with van der Waals surface area (Å²) in [5.41, 5.74) is 1.99. The summed E-state index contributed by atoms with van der Waals surface area (Å²) in [6, 6.07) is 12.8. The van der Waals surface area contributed by atoms with Crippen LogP contribution >= 0.6 is 0 Å². The quantitative estimate of drug-likeness (QED) is 0.847. The minimum atomic E-state index is -0.327. The van der Waals surface area contributed by atoms with Crippen molar-refractivity contribution in [2.24, 2.45) is 0 Å². The third-order valence-corrected chi connectivity index (χ3v) is 3.15. The number of para-hydroxylation sites is 1. The number of ether oxygens (including phenoxy) is 1. The van der Waals surface area contributed by atoms with Gasteiger partial charge in [0.1, 0.15) is 5.75 Å². The maximum Gasteiger partial charge on any atom is 0.166 e. The van der Waals surface area contributed by atoms with Gasteiger partial charge in [0.25, 0.3) is 0 Å². The standard InChI is InChI=1S/C17H20FNO/c1-3-14-7-5-6-8-16(14)20-17-10-9-13(11-15(17)18)12-19-4-2/h5-11,19H,3-4,12H2,1-2H3. The average molecular weight is 273 g/mol. The number of hydrogen-bond acceptors (Lipinski definition) is 2. The molecule has 0 amide bonds. The minimum absolute atomic E-state index is 0.270. The van der Waals surface area contributed by atoms with Crippen LogP contribution in [0, 0.1) is 5.82 Å². The molecule has 2 nitrogen and oxygen atoms in total. The van der Waals surface area contributed by atoms with Gasteiger partial charge in [0.2, 0.25) is 0 Å². The van der Waals surface area contributed by atoms with Crippen molar-refractivity contribution in [3.05, 3.63) is 59.4 Å². The van der Waals surface area contributed by atoms with E-state index in [1.807, 2.05) is 37.3 Å². The highest BCUT2D eigenvalue weighted by molar-refractivity contribution is 5.39. The van der Waals surface area contributed by atoms with Gasteiger partial charge in [-0.3, -0.25) is 0 Å². The molecular formula is C17H20FNO. The van der Waals surface area contributed by atoms with Crippen molar-refractivity contribution in [3.63, 3.8) is 0 Å². The van der Waals surface area contributed by atoms with Gasteiger partial charge in [-0.25, -0.2) is 4.39 Å². The Morgan fingerprint density at radius 3 is 2.55 bits per heavy atom. The molecule has 2 rings (SSSR count). The Morgan fingerprint density at radius 1 is 1.05 bits per heavy atom. The molecule has 0 aliphatic carbocycles. The first-order valence-electron chi connectivity index (χ1n) is 6.99. The number of nitrogens with one attached hydrogen (secondary N) is 1. The molecule has 0 saturated heterocycles. The van der Waals surface area contributed by atoms with Gasteiger partial charge in [0.05, 0.1) is 0 Å². The molecule has 0 fully saturated rings. The van der Waals surface area contributed by atoms with Crippen molar-refractivity contribution >= 4 is 0 Å². The molecule has 0 saturated carbocycles. The summed E-state index contributed by atoms with van der Waals surface area (Å²) in [6.45, 7) is 5.61. The van der Waals surface area contributed by atoms with Crippen LogP contribution in [-0.4, -0.2) is 6.54 Å². The molecule has 0 unspecified atom stereocenters. The first kappa shape index (κ1) is 14.5. The summed E-state index contributed by atoms with van der Waals surface area (Å²) < 4.78 is 19.7. The van der Waals surface area contributed by atoms with E-state index in [0.717, 1.165) is 24.1 Å². The second-order valence-electron chi connectivity index (χ2n) is 4.61. The lowest BCUT2D eigenvalue weighted by Crippen LogP contribution is -2.11. The third-order valence-electron chi connectivity index (χ3n) is 3.15. The maximum absolute atomic E-state index is 14.0. The lowest BCUT2D eigenvalue weighted by molar-refractivity contribution is 0.437. The van der Waals surface area contributed by atoms with E-state index in [2.05, 4.69) is 12.2 Å². The molecule has 0 atom stereocenters. The lowest BCUT2D eigenvalue weighted by Gasteiger charge is -2.11. The summed E-state index contributed by atoms with van der Waals surface area (Å²) in [7, 11) is 0. The highest BCUT2D eigenvalue weighted by Gasteiger charge is 2.08. The van der Waals surface area contributed by atoms with E-state index < -0.39 is 0 Å². The zero-order chi connectivity index (χ0) is 14.4. The highest BCUT2D eigenvalue weighted by Crippen LogP contribution is 2.28. The van der Waals surface area contributed by atoms with Crippen LogP contribution in [0.5, 0.6) is 11.5 Å². The first-order valence-corrected chi connectivity index (χ1v) is 6.99. The zero-order valence-corrected chi connectivity index (χ0v) is 11.9. The van der Waals surface area contributed by atoms with Crippen LogP contribution in [0.3, 0.4) is 0 Å². The maximum atomic E-state index is 14.0. The molecule has 0 spiro atoms. The fraction of sp³-hybridized carbons (Fsp3) is 0.294. The predicted molar refractivity (Wildman–Crippen MR) is 79.7 cm³/mol. The fourth-order valence-corrected chi connectivity index (χ4v) is 2.02. The Labute approximate surface area is 119 Å². The summed E-state index contributed by atoms with van der Waals surface area (Å²) in [4.78, 5) is 0. The number of benzene rings is 2. The molecule has 2 aromatic rings. The Balaban J connectivity index is 2.17. The van der Waals surface area contributed by atoms with Gasteiger partial charge in [-0.2, -0.15) is 0 Å². The summed E-state index contributed by atoms with van der Waals surface area (Å²) in [5.74, 6) is 0.658. The van der Waals surface area contributed by atoms with Crippen LogP contribution in [0.1, 0.15) is 25.0 Å². The van der Waals surface area contributed by atoms with Gasteiger partial charge < -0.3 is 10.1 Å². The Hall–Kier alpha value is -1.87. The summed E-state index contributed by atoms with van der Waals surface area (Å²) >= 11 is 0. The van der Waals surface area contributed by atoms with Crippen molar-refractivity contribution in [2.45, 2.75) is 26.8 Å². The summed E-state index contributed by atoms with van der Waals surface area (Å²) in [5, 5.41) is 3.17. The Kier molecular flexibility index (Phi) is 5.13.